The summed E-state index contributed by atoms with van der Waals surface area (Å²) in [4.78, 5) is 16.6. The Morgan fingerprint density at radius 2 is 1.65 bits per heavy atom. The summed E-state index contributed by atoms with van der Waals surface area (Å²) in [5.41, 5.74) is 0.998. The van der Waals surface area contributed by atoms with E-state index in [2.05, 4.69) is 4.98 Å². The molecular weight excluding hydrogens is 414 g/mol. The van der Waals surface area contributed by atoms with Gasteiger partial charge in [-0.1, -0.05) is 30.3 Å². The normalized spacial score (nSPS) is 12.1. The quantitative estimate of drug-likeness (QED) is 0.246. The standard InChI is InChI=1S/C22H19F4N3O2/c23-11-5-6-12-28-17-10-4-2-8-15(17)27-18(28)13-29-16-9-3-1-7-14(16)19(21(29)31)20(30)22(24,25)26/h1-4,7-10,31H,5-6,11-13H2. The number of imidazole rings is 1. The SMILES string of the molecule is O=C(c1c(O)n(Cc2nc3ccccc3n2CCCCF)c2ccccc12)C(F)(F)F. The molecule has 0 radical (unpaired) electrons. The van der Waals surface area contributed by atoms with Gasteiger partial charge >= 0.3 is 6.18 Å². The van der Waals surface area contributed by atoms with E-state index in [1.165, 1.54) is 22.8 Å². The summed E-state index contributed by atoms with van der Waals surface area (Å²) in [6.45, 7) is -0.0379. The minimum Gasteiger partial charge on any atom is -0.494 e. The van der Waals surface area contributed by atoms with E-state index in [9.17, 15) is 27.5 Å². The molecule has 31 heavy (non-hydrogen) atoms. The van der Waals surface area contributed by atoms with Gasteiger partial charge in [0.2, 0.25) is 5.88 Å². The summed E-state index contributed by atoms with van der Waals surface area (Å²) >= 11 is 0. The number of hydrogen-bond acceptors (Lipinski definition) is 3. The number of aromatic nitrogens is 3. The molecule has 0 aliphatic rings. The number of carbonyl (C=O) groups excluding carboxylic acids is 1. The maximum Gasteiger partial charge on any atom is 0.455 e. The van der Waals surface area contributed by atoms with Crippen molar-refractivity contribution >= 4 is 27.7 Å². The third kappa shape index (κ3) is 3.75. The molecule has 0 aliphatic heterocycles. The van der Waals surface area contributed by atoms with E-state index in [0.717, 1.165) is 5.52 Å². The number of halogens is 4. The molecule has 0 unspecified atom stereocenters. The van der Waals surface area contributed by atoms with Crippen molar-refractivity contribution in [1.29, 1.82) is 0 Å². The lowest BCUT2D eigenvalue weighted by Gasteiger charge is -2.11. The zero-order chi connectivity index (χ0) is 22.2. The summed E-state index contributed by atoms with van der Waals surface area (Å²) in [7, 11) is 0. The number of carbonyl (C=O) groups is 1. The topological polar surface area (TPSA) is 60.0 Å². The molecule has 4 rings (SSSR count). The van der Waals surface area contributed by atoms with Crippen LogP contribution in [0.2, 0.25) is 0 Å². The second-order valence-corrected chi connectivity index (χ2v) is 7.19. The number of fused-ring (bicyclic) bond motifs is 2. The van der Waals surface area contributed by atoms with Gasteiger partial charge in [-0.25, -0.2) is 4.98 Å². The van der Waals surface area contributed by atoms with Crippen molar-refractivity contribution in [3.8, 4) is 5.88 Å². The van der Waals surface area contributed by atoms with Crippen molar-refractivity contribution in [1.82, 2.24) is 14.1 Å². The highest BCUT2D eigenvalue weighted by Crippen LogP contribution is 2.36. The Kier molecular flexibility index (Phi) is 5.43. The van der Waals surface area contributed by atoms with Gasteiger partial charge in [0.1, 0.15) is 5.82 Å². The molecule has 4 aromatic rings. The number of unbranched alkanes of at least 4 members (excludes halogenated alkanes) is 1. The highest BCUT2D eigenvalue weighted by Gasteiger charge is 2.43. The molecular formula is C22H19F4N3O2. The molecule has 0 saturated heterocycles. The molecule has 9 heteroatoms. The van der Waals surface area contributed by atoms with Crippen LogP contribution in [-0.4, -0.2) is 37.9 Å². The van der Waals surface area contributed by atoms with Crippen molar-refractivity contribution in [3.63, 3.8) is 0 Å². The Hall–Kier alpha value is -3.36. The maximum atomic E-state index is 13.1. The van der Waals surface area contributed by atoms with Gasteiger partial charge in [-0.15, -0.1) is 0 Å². The number of hydrogen-bond donors (Lipinski definition) is 1. The summed E-state index contributed by atoms with van der Waals surface area (Å²) < 4.78 is 55.1. The van der Waals surface area contributed by atoms with Crippen molar-refractivity contribution in [2.24, 2.45) is 0 Å². The summed E-state index contributed by atoms with van der Waals surface area (Å²) in [6.07, 6.45) is -4.19. The van der Waals surface area contributed by atoms with Crippen LogP contribution in [-0.2, 0) is 13.1 Å². The predicted molar refractivity (Wildman–Crippen MR) is 108 cm³/mol. The summed E-state index contributed by atoms with van der Waals surface area (Å²) in [6, 6.07) is 13.3. The van der Waals surface area contributed by atoms with E-state index in [0.29, 0.717) is 30.7 Å². The van der Waals surface area contributed by atoms with E-state index in [1.807, 2.05) is 22.8 Å². The first kappa shape index (κ1) is 20.9. The van der Waals surface area contributed by atoms with E-state index in [1.54, 1.807) is 12.1 Å². The first-order valence-corrected chi connectivity index (χ1v) is 9.74. The van der Waals surface area contributed by atoms with Crippen LogP contribution in [0.4, 0.5) is 17.6 Å². The second kappa shape index (κ2) is 8.05. The molecule has 0 saturated carbocycles. The molecule has 0 aliphatic carbocycles. The van der Waals surface area contributed by atoms with E-state index < -0.39 is 30.1 Å². The van der Waals surface area contributed by atoms with Gasteiger partial charge in [-0.05, 0) is 31.0 Å². The first-order chi connectivity index (χ1) is 14.8. The van der Waals surface area contributed by atoms with E-state index in [-0.39, 0.29) is 17.4 Å². The molecule has 0 fully saturated rings. The monoisotopic (exact) mass is 433 g/mol. The fraction of sp³-hybridized carbons (Fsp3) is 0.273. The number of aryl methyl sites for hydroxylation is 1. The molecule has 0 bridgehead atoms. The molecule has 5 nitrogen and oxygen atoms in total. The van der Waals surface area contributed by atoms with Gasteiger partial charge in [0, 0.05) is 11.9 Å². The Morgan fingerprint density at radius 1 is 0.968 bits per heavy atom. The highest BCUT2D eigenvalue weighted by atomic mass is 19.4. The van der Waals surface area contributed by atoms with E-state index >= 15 is 0 Å². The van der Waals surface area contributed by atoms with Crippen LogP contribution in [0.5, 0.6) is 5.88 Å². The summed E-state index contributed by atoms with van der Waals surface area (Å²) in [5, 5.41) is 10.7. The number of aromatic hydroxyl groups is 1. The fourth-order valence-electron chi connectivity index (χ4n) is 3.82. The van der Waals surface area contributed by atoms with Crippen LogP contribution in [0.15, 0.2) is 48.5 Å². The smallest absolute Gasteiger partial charge is 0.455 e. The lowest BCUT2D eigenvalue weighted by Crippen LogP contribution is -2.22. The molecule has 1 N–H and O–H groups in total. The molecule has 0 amide bonds. The number of nitrogens with zero attached hydrogens (tertiary/aromatic N) is 3. The highest BCUT2D eigenvalue weighted by molar-refractivity contribution is 6.13. The number of ketones is 1. The predicted octanol–water partition coefficient (Wildman–Crippen LogP) is 5.24. The average Bonchev–Trinajstić information content (AvgIpc) is 3.22. The minimum atomic E-state index is -5.12. The molecule has 0 spiro atoms. The van der Waals surface area contributed by atoms with Gasteiger partial charge < -0.3 is 14.2 Å². The largest absolute Gasteiger partial charge is 0.494 e. The van der Waals surface area contributed by atoms with Crippen molar-refractivity contribution in [3.05, 3.63) is 59.9 Å². The lowest BCUT2D eigenvalue weighted by molar-refractivity contribution is -0.0885. The number of Topliss-reactive ketones (excluding diaryl/α,β-unsaturated/α-hetero) is 1. The number of para-hydroxylation sites is 3. The second-order valence-electron chi connectivity index (χ2n) is 7.19. The average molecular weight is 433 g/mol. The zero-order valence-electron chi connectivity index (χ0n) is 16.4. The van der Waals surface area contributed by atoms with Crippen molar-refractivity contribution in [2.75, 3.05) is 6.67 Å². The minimum absolute atomic E-state index is 0.0161. The number of rotatable bonds is 7. The third-order valence-corrected chi connectivity index (χ3v) is 5.23. The van der Waals surface area contributed by atoms with Crippen LogP contribution in [0, 0.1) is 0 Å². The first-order valence-electron chi connectivity index (χ1n) is 9.74. The van der Waals surface area contributed by atoms with Gasteiger partial charge in [0.05, 0.1) is 35.3 Å². The Bertz CT molecular complexity index is 1260. The number of benzene rings is 2. The molecule has 162 valence electrons. The van der Waals surface area contributed by atoms with Gasteiger partial charge in [-0.3, -0.25) is 9.18 Å². The van der Waals surface area contributed by atoms with Crippen molar-refractivity contribution in [2.45, 2.75) is 32.1 Å². The Balaban J connectivity index is 1.85. The fourth-order valence-corrected chi connectivity index (χ4v) is 3.82. The molecule has 2 heterocycles. The number of alkyl halides is 4. The van der Waals surface area contributed by atoms with Crippen LogP contribution in [0.25, 0.3) is 21.9 Å². The maximum absolute atomic E-state index is 13.1. The van der Waals surface area contributed by atoms with Crippen LogP contribution in [0.1, 0.15) is 29.0 Å². The van der Waals surface area contributed by atoms with Crippen molar-refractivity contribution < 1.29 is 27.5 Å². The molecule has 0 atom stereocenters. The van der Waals surface area contributed by atoms with Gasteiger partial charge in [0.15, 0.2) is 0 Å². The van der Waals surface area contributed by atoms with Crippen LogP contribution < -0.4 is 0 Å². The lowest BCUT2D eigenvalue weighted by atomic mass is 10.1. The molecule has 2 aromatic heterocycles. The Morgan fingerprint density at radius 3 is 2.35 bits per heavy atom. The zero-order valence-corrected chi connectivity index (χ0v) is 16.4. The van der Waals surface area contributed by atoms with Crippen LogP contribution >= 0.6 is 0 Å². The third-order valence-electron chi connectivity index (χ3n) is 5.23. The molecule has 2 aromatic carbocycles. The van der Waals surface area contributed by atoms with Gasteiger partial charge in [-0.2, -0.15) is 13.2 Å². The van der Waals surface area contributed by atoms with Gasteiger partial charge in [0.25, 0.3) is 5.78 Å². The van der Waals surface area contributed by atoms with E-state index in [4.69, 9.17) is 0 Å². The van der Waals surface area contributed by atoms with Crippen LogP contribution in [0.3, 0.4) is 0 Å². The summed E-state index contributed by atoms with van der Waals surface area (Å²) in [5.74, 6) is -2.37. The Labute approximate surface area is 174 Å².